The maximum Gasteiger partial charge on any atom is 0.305 e. The van der Waals surface area contributed by atoms with Gasteiger partial charge in [-0.2, -0.15) is 0 Å². The monoisotopic (exact) mass is 572 g/mol. The molecule has 1 aromatic rings. The van der Waals surface area contributed by atoms with Gasteiger partial charge in [0.05, 0.1) is 14.2 Å². The van der Waals surface area contributed by atoms with E-state index in [-0.39, 0.29) is 36.5 Å². The first-order chi connectivity index (χ1) is 19.7. The fraction of sp³-hybridized carbons (Fsp3) is 0.633. The van der Waals surface area contributed by atoms with Crippen LogP contribution in [0.3, 0.4) is 0 Å². The van der Waals surface area contributed by atoms with Gasteiger partial charge in [0.25, 0.3) is 0 Å². The van der Waals surface area contributed by atoms with E-state index in [1.165, 1.54) is 7.11 Å². The normalized spacial score (nSPS) is 24.2. The first-order valence-electron chi connectivity index (χ1n) is 14.6. The van der Waals surface area contributed by atoms with Gasteiger partial charge in [0.2, 0.25) is 23.6 Å². The summed E-state index contributed by atoms with van der Waals surface area (Å²) in [6, 6.07) is 3.82. The van der Waals surface area contributed by atoms with Crippen molar-refractivity contribution in [1.29, 1.82) is 0 Å². The molecule has 2 aliphatic rings. The van der Waals surface area contributed by atoms with E-state index in [2.05, 4.69) is 20.7 Å². The van der Waals surface area contributed by atoms with Gasteiger partial charge in [0.1, 0.15) is 29.9 Å². The van der Waals surface area contributed by atoms with Crippen molar-refractivity contribution in [2.24, 2.45) is 5.92 Å². The summed E-state index contributed by atoms with van der Waals surface area (Å²) in [7, 11) is 2.91. The lowest BCUT2D eigenvalue weighted by Gasteiger charge is -2.34. The smallest absolute Gasteiger partial charge is 0.305 e. The molecule has 0 saturated carbocycles. The van der Waals surface area contributed by atoms with Crippen LogP contribution in [0.5, 0.6) is 5.75 Å². The Morgan fingerprint density at radius 3 is 2.29 bits per heavy atom. The minimum Gasteiger partial charge on any atom is -0.497 e. The van der Waals surface area contributed by atoms with Gasteiger partial charge >= 0.3 is 5.97 Å². The van der Waals surface area contributed by atoms with E-state index in [9.17, 15) is 24.0 Å². The van der Waals surface area contributed by atoms with Crippen LogP contribution in [0.15, 0.2) is 24.3 Å². The second kappa shape index (κ2) is 15.4. The summed E-state index contributed by atoms with van der Waals surface area (Å²) < 4.78 is 9.91. The molecule has 226 valence electrons. The molecular weight excluding hydrogens is 528 g/mol. The maximum atomic E-state index is 13.7. The van der Waals surface area contributed by atoms with Crippen LogP contribution in [0.1, 0.15) is 70.8 Å². The fourth-order valence-electron chi connectivity index (χ4n) is 5.33. The number of esters is 1. The molecule has 11 nitrogen and oxygen atoms in total. The number of rotatable bonds is 11. The van der Waals surface area contributed by atoms with Crippen molar-refractivity contribution in [3.05, 3.63) is 29.8 Å². The zero-order valence-electron chi connectivity index (χ0n) is 24.6. The number of fused-ring (bicyclic) bond motifs is 1. The Hall–Kier alpha value is -3.63. The molecule has 1 aromatic carbocycles. The molecule has 0 bridgehead atoms. The highest BCUT2D eigenvalue weighted by atomic mass is 16.5. The van der Waals surface area contributed by atoms with E-state index in [1.807, 2.05) is 26.0 Å². The summed E-state index contributed by atoms with van der Waals surface area (Å²) in [5, 5.41) is 8.65. The lowest BCUT2D eigenvalue weighted by Crippen LogP contribution is -2.62. The number of ether oxygens (including phenoxy) is 2. The second-order valence-corrected chi connectivity index (χ2v) is 10.9. The largest absolute Gasteiger partial charge is 0.497 e. The number of amides is 4. The summed E-state index contributed by atoms with van der Waals surface area (Å²) in [5.74, 6) is -1.36. The predicted molar refractivity (Wildman–Crippen MR) is 152 cm³/mol. The molecule has 5 atom stereocenters. The van der Waals surface area contributed by atoms with Crippen molar-refractivity contribution < 1.29 is 33.4 Å². The summed E-state index contributed by atoms with van der Waals surface area (Å²) in [5.41, 5.74) is 0.799. The number of hydrogen-bond acceptors (Lipinski definition) is 7. The quantitative estimate of drug-likeness (QED) is 0.271. The molecule has 3 rings (SSSR count). The van der Waals surface area contributed by atoms with Crippen LogP contribution in [0.2, 0.25) is 0 Å². The molecule has 4 amide bonds. The minimum absolute atomic E-state index is 0.172. The Kier molecular flexibility index (Phi) is 12.0. The van der Waals surface area contributed by atoms with Crippen LogP contribution in [0, 0.1) is 5.92 Å². The Bertz CT molecular complexity index is 1080. The van der Waals surface area contributed by atoms with Crippen LogP contribution in [0.25, 0.3) is 0 Å². The predicted octanol–water partition coefficient (Wildman–Crippen LogP) is 1.87. The number of unbranched alkanes of at least 4 members (excludes halogenated alkanes) is 2. The Morgan fingerprint density at radius 1 is 0.951 bits per heavy atom. The van der Waals surface area contributed by atoms with Crippen LogP contribution in [0.4, 0.5) is 0 Å². The molecular formula is C30H44N4O7. The molecule has 3 N–H and O–H groups in total. The summed E-state index contributed by atoms with van der Waals surface area (Å²) in [6.45, 7) is 4.26. The SMILES string of the molecule is CC[C@H](C)[C@@H]1NC(=O)[C@@H](Cc2ccc(OC)cc2)NC(=O)[C@H](CCCCCC(=O)OC)NC(=O)[C@H]2CCCN2C1=O. The molecule has 0 radical (unpaired) electrons. The summed E-state index contributed by atoms with van der Waals surface area (Å²) in [6.07, 6.45) is 4.43. The van der Waals surface area contributed by atoms with Crippen LogP contribution < -0.4 is 20.7 Å². The van der Waals surface area contributed by atoms with Gasteiger partial charge in [0, 0.05) is 19.4 Å². The summed E-state index contributed by atoms with van der Waals surface area (Å²) >= 11 is 0. The van der Waals surface area contributed by atoms with Gasteiger partial charge in [-0.05, 0) is 49.3 Å². The highest BCUT2D eigenvalue weighted by molar-refractivity contribution is 5.98. The third-order valence-electron chi connectivity index (χ3n) is 8.08. The number of hydrogen-bond donors (Lipinski definition) is 3. The zero-order valence-corrected chi connectivity index (χ0v) is 24.6. The highest BCUT2D eigenvalue weighted by Crippen LogP contribution is 2.23. The Morgan fingerprint density at radius 2 is 1.63 bits per heavy atom. The molecule has 41 heavy (non-hydrogen) atoms. The maximum absolute atomic E-state index is 13.7. The molecule has 2 heterocycles. The van der Waals surface area contributed by atoms with Crippen LogP contribution in [-0.4, -0.2) is 79.4 Å². The van der Waals surface area contributed by atoms with Gasteiger partial charge < -0.3 is 30.3 Å². The van der Waals surface area contributed by atoms with E-state index in [0.717, 1.165) is 5.56 Å². The number of benzene rings is 1. The number of carbonyl (C=O) groups excluding carboxylic acids is 5. The average molecular weight is 573 g/mol. The average Bonchev–Trinajstić information content (AvgIpc) is 3.48. The third kappa shape index (κ3) is 8.68. The third-order valence-corrected chi connectivity index (χ3v) is 8.08. The van der Waals surface area contributed by atoms with Crippen molar-refractivity contribution >= 4 is 29.6 Å². The molecule has 0 aliphatic carbocycles. The fourth-order valence-corrected chi connectivity index (χ4v) is 5.33. The van der Waals surface area contributed by atoms with Crippen molar-refractivity contribution in [1.82, 2.24) is 20.9 Å². The van der Waals surface area contributed by atoms with E-state index in [1.54, 1.807) is 24.1 Å². The Labute approximate surface area is 242 Å². The first kappa shape index (κ1) is 31.9. The Balaban J connectivity index is 1.88. The van der Waals surface area contributed by atoms with E-state index >= 15 is 0 Å². The van der Waals surface area contributed by atoms with Gasteiger partial charge in [-0.25, -0.2) is 0 Å². The molecule has 2 aliphatic heterocycles. The van der Waals surface area contributed by atoms with Gasteiger partial charge in [-0.1, -0.05) is 45.2 Å². The first-order valence-corrected chi connectivity index (χ1v) is 14.6. The zero-order chi connectivity index (χ0) is 29.9. The second-order valence-electron chi connectivity index (χ2n) is 10.9. The molecule has 0 unspecified atom stereocenters. The van der Waals surface area contributed by atoms with E-state index in [0.29, 0.717) is 57.2 Å². The van der Waals surface area contributed by atoms with Gasteiger partial charge in [-0.3, -0.25) is 24.0 Å². The van der Waals surface area contributed by atoms with E-state index in [4.69, 9.17) is 4.74 Å². The topological polar surface area (TPSA) is 143 Å². The molecule has 2 fully saturated rings. The molecule has 0 aromatic heterocycles. The molecule has 0 spiro atoms. The summed E-state index contributed by atoms with van der Waals surface area (Å²) in [4.78, 5) is 67.4. The molecule has 11 heteroatoms. The molecule has 2 saturated heterocycles. The van der Waals surface area contributed by atoms with Crippen molar-refractivity contribution in [2.75, 3.05) is 20.8 Å². The lowest BCUT2D eigenvalue weighted by molar-refractivity contribution is -0.144. The standard InChI is InChI=1S/C30H44N4O7/c1-5-19(2)26-30(39)34-17-9-11-24(34)29(38)31-22(10-7-6-8-12-25(35)41-4)27(36)32-23(28(37)33-26)18-20-13-15-21(40-3)16-14-20/h13-16,19,22-24,26H,5-12,17-18H2,1-4H3,(H,31,38)(H,32,36)(H,33,37)/t19-,22-,23+,24+,26-/m0/s1. The van der Waals surface area contributed by atoms with Crippen molar-refractivity contribution in [3.8, 4) is 5.75 Å². The minimum atomic E-state index is -0.970. The van der Waals surface area contributed by atoms with Crippen molar-refractivity contribution in [3.63, 3.8) is 0 Å². The highest BCUT2D eigenvalue weighted by Gasteiger charge is 2.41. The number of nitrogens with one attached hydrogen (secondary N) is 3. The van der Waals surface area contributed by atoms with E-state index < -0.39 is 36.0 Å². The van der Waals surface area contributed by atoms with Crippen LogP contribution in [-0.2, 0) is 35.1 Å². The van der Waals surface area contributed by atoms with Crippen LogP contribution >= 0.6 is 0 Å². The number of nitrogens with zero attached hydrogens (tertiary/aromatic N) is 1. The van der Waals surface area contributed by atoms with Gasteiger partial charge in [-0.15, -0.1) is 0 Å². The van der Waals surface area contributed by atoms with Crippen molar-refractivity contribution in [2.45, 2.75) is 95.8 Å². The van der Waals surface area contributed by atoms with Gasteiger partial charge in [0.15, 0.2) is 0 Å². The lowest BCUT2D eigenvalue weighted by atomic mass is 9.95. The number of carbonyl (C=O) groups is 5. The number of methoxy groups -OCH3 is 2.